The van der Waals surface area contributed by atoms with Gasteiger partial charge in [0.05, 0.1) is 30.5 Å². The molecule has 1 aliphatic rings. The molecule has 2 aromatic heterocycles. The average molecular weight is 433 g/mol. The van der Waals surface area contributed by atoms with E-state index in [-0.39, 0.29) is 40.8 Å². The number of aromatic nitrogens is 3. The number of aliphatic hydroxyl groups is 1. The summed E-state index contributed by atoms with van der Waals surface area (Å²) in [5.41, 5.74) is 0.987. The van der Waals surface area contributed by atoms with Gasteiger partial charge in [-0.25, -0.2) is 14.4 Å². The van der Waals surface area contributed by atoms with Crippen molar-refractivity contribution in [1.82, 2.24) is 14.5 Å². The molecule has 4 rings (SSSR count). The number of benzene rings is 1. The molecule has 0 spiro atoms. The first-order valence-electron chi connectivity index (χ1n) is 9.75. The monoisotopic (exact) mass is 432 g/mol. The van der Waals surface area contributed by atoms with E-state index in [1.54, 1.807) is 24.4 Å². The molecular weight excluding hydrogens is 411 g/mol. The van der Waals surface area contributed by atoms with Crippen LogP contribution < -0.4 is 10.7 Å². The number of halogens is 2. The van der Waals surface area contributed by atoms with E-state index >= 15 is 0 Å². The Morgan fingerprint density at radius 1 is 1.40 bits per heavy atom. The zero-order valence-electron chi connectivity index (χ0n) is 16.6. The molecule has 0 amide bonds. The molecule has 9 heteroatoms. The van der Waals surface area contributed by atoms with Gasteiger partial charge in [-0.2, -0.15) is 0 Å². The van der Waals surface area contributed by atoms with E-state index in [0.717, 1.165) is 6.20 Å². The summed E-state index contributed by atoms with van der Waals surface area (Å²) < 4.78 is 21.7. The van der Waals surface area contributed by atoms with E-state index in [2.05, 4.69) is 15.3 Å². The number of ether oxygens (including phenoxy) is 1. The molecule has 1 saturated heterocycles. The van der Waals surface area contributed by atoms with Crippen molar-refractivity contribution in [3.63, 3.8) is 0 Å². The number of aliphatic hydroxyl groups excluding tert-OH is 1. The molecule has 1 fully saturated rings. The van der Waals surface area contributed by atoms with Crippen LogP contribution in [0.5, 0.6) is 0 Å². The fraction of sp³-hybridized carbons (Fsp3) is 0.381. The number of hydrogen-bond donors (Lipinski definition) is 2. The van der Waals surface area contributed by atoms with Crippen molar-refractivity contribution in [3.8, 4) is 11.3 Å². The van der Waals surface area contributed by atoms with Crippen LogP contribution >= 0.6 is 11.6 Å². The van der Waals surface area contributed by atoms with E-state index in [0.29, 0.717) is 29.5 Å². The van der Waals surface area contributed by atoms with Crippen LogP contribution in [0.25, 0.3) is 22.2 Å². The molecule has 0 saturated carbocycles. The first-order chi connectivity index (χ1) is 14.3. The molecule has 7 nitrogen and oxygen atoms in total. The van der Waals surface area contributed by atoms with Crippen molar-refractivity contribution in [3.05, 3.63) is 51.7 Å². The normalized spacial score (nSPS) is 19.4. The van der Waals surface area contributed by atoms with Crippen molar-refractivity contribution in [2.24, 2.45) is 0 Å². The minimum Gasteiger partial charge on any atom is -0.389 e. The highest BCUT2D eigenvalue weighted by Crippen LogP contribution is 2.27. The molecule has 30 heavy (non-hydrogen) atoms. The first kappa shape index (κ1) is 20.7. The Balaban J connectivity index is 1.77. The Labute approximate surface area is 177 Å². The molecule has 2 N–H and O–H groups in total. The number of anilines is 1. The van der Waals surface area contributed by atoms with Gasteiger partial charge in [0.2, 0.25) is 11.4 Å². The number of nitrogens with one attached hydrogen (secondary N) is 1. The van der Waals surface area contributed by atoms with Crippen LogP contribution in [-0.4, -0.2) is 45.0 Å². The van der Waals surface area contributed by atoms with Gasteiger partial charge < -0.3 is 19.7 Å². The van der Waals surface area contributed by atoms with Gasteiger partial charge in [-0.05, 0) is 32.4 Å². The molecule has 1 aliphatic heterocycles. The van der Waals surface area contributed by atoms with E-state index in [4.69, 9.17) is 16.3 Å². The topological polar surface area (TPSA) is 89.3 Å². The van der Waals surface area contributed by atoms with Gasteiger partial charge in [0.25, 0.3) is 0 Å². The van der Waals surface area contributed by atoms with Crippen molar-refractivity contribution in [2.75, 3.05) is 18.5 Å². The molecule has 158 valence electrons. The largest absolute Gasteiger partial charge is 0.389 e. The van der Waals surface area contributed by atoms with Crippen molar-refractivity contribution in [1.29, 1.82) is 0 Å². The second kappa shape index (κ2) is 8.29. The van der Waals surface area contributed by atoms with Crippen LogP contribution in [-0.2, 0) is 4.74 Å². The molecule has 1 aromatic carbocycles. The van der Waals surface area contributed by atoms with Gasteiger partial charge in [0.15, 0.2) is 5.82 Å². The van der Waals surface area contributed by atoms with Crippen LogP contribution in [0.15, 0.2) is 35.4 Å². The predicted octanol–water partition coefficient (Wildman–Crippen LogP) is 3.39. The Morgan fingerprint density at radius 3 is 2.93 bits per heavy atom. The molecule has 2 atom stereocenters. The standard InChI is InChI=1S/C21H22ClFN4O3/c1-11(2)27-9-14(22)20(29)13-4-3-12(7-17(13)27)19-15(23)8-24-21(26-19)25-16-5-6-30-10-18(16)28/h3-4,7-9,11,16,18,28H,5-6,10H2,1-2H3,(H,24,25,26)/t16-,18-/m1/s1. The maximum Gasteiger partial charge on any atom is 0.223 e. The molecular formula is C21H22ClFN4O3. The van der Waals surface area contributed by atoms with Crippen LogP contribution in [0.4, 0.5) is 10.3 Å². The predicted molar refractivity (Wildman–Crippen MR) is 113 cm³/mol. The Bertz CT molecular complexity index is 1150. The lowest BCUT2D eigenvalue weighted by Crippen LogP contribution is -2.42. The summed E-state index contributed by atoms with van der Waals surface area (Å²) in [4.78, 5) is 20.8. The lowest BCUT2D eigenvalue weighted by Gasteiger charge is -2.28. The van der Waals surface area contributed by atoms with E-state index < -0.39 is 11.9 Å². The van der Waals surface area contributed by atoms with Gasteiger partial charge in [0.1, 0.15) is 10.7 Å². The summed E-state index contributed by atoms with van der Waals surface area (Å²) in [6, 6.07) is 4.77. The van der Waals surface area contributed by atoms with Crippen molar-refractivity contribution < 1.29 is 14.2 Å². The third-order valence-corrected chi connectivity index (χ3v) is 5.47. The highest BCUT2D eigenvalue weighted by atomic mass is 35.5. The maximum atomic E-state index is 14.6. The first-order valence-corrected chi connectivity index (χ1v) is 10.1. The molecule has 0 radical (unpaired) electrons. The van der Waals surface area contributed by atoms with Crippen LogP contribution in [0.3, 0.4) is 0 Å². The summed E-state index contributed by atoms with van der Waals surface area (Å²) in [6.07, 6.45) is 2.59. The molecule has 0 unspecified atom stereocenters. The lowest BCUT2D eigenvalue weighted by molar-refractivity contribution is -0.0136. The van der Waals surface area contributed by atoms with Crippen molar-refractivity contribution >= 4 is 28.5 Å². The zero-order chi connectivity index (χ0) is 21.4. The summed E-state index contributed by atoms with van der Waals surface area (Å²) in [5, 5.41) is 13.7. The average Bonchev–Trinajstić information content (AvgIpc) is 2.73. The Kier molecular flexibility index (Phi) is 5.73. The second-order valence-electron chi connectivity index (χ2n) is 7.61. The fourth-order valence-corrected chi connectivity index (χ4v) is 3.79. The van der Waals surface area contributed by atoms with Gasteiger partial charge in [0, 0.05) is 29.8 Å². The van der Waals surface area contributed by atoms with E-state index in [1.807, 2.05) is 18.4 Å². The molecule has 0 aliphatic carbocycles. The van der Waals surface area contributed by atoms with E-state index in [9.17, 15) is 14.3 Å². The highest BCUT2D eigenvalue weighted by molar-refractivity contribution is 6.31. The van der Waals surface area contributed by atoms with Gasteiger partial charge in [-0.3, -0.25) is 4.79 Å². The van der Waals surface area contributed by atoms with Crippen molar-refractivity contribution in [2.45, 2.75) is 38.5 Å². The number of hydrogen-bond acceptors (Lipinski definition) is 6. The van der Waals surface area contributed by atoms with E-state index in [1.165, 1.54) is 0 Å². The summed E-state index contributed by atoms with van der Waals surface area (Å²) in [7, 11) is 0. The van der Waals surface area contributed by atoms with Crippen LogP contribution in [0.2, 0.25) is 5.02 Å². The number of nitrogens with zero attached hydrogens (tertiary/aromatic N) is 3. The SMILES string of the molecule is CC(C)n1cc(Cl)c(=O)c2ccc(-c3nc(N[C@@H]4CCOC[C@H]4O)ncc3F)cc21. The Hall–Kier alpha value is -2.55. The number of rotatable bonds is 4. The smallest absolute Gasteiger partial charge is 0.223 e. The van der Waals surface area contributed by atoms with Gasteiger partial charge in [-0.1, -0.05) is 17.7 Å². The summed E-state index contributed by atoms with van der Waals surface area (Å²) >= 11 is 6.09. The lowest BCUT2D eigenvalue weighted by atomic mass is 10.1. The maximum absolute atomic E-state index is 14.6. The zero-order valence-corrected chi connectivity index (χ0v) is 17.4. The molecule has 3 aromatic rings. The van der Waals surface area contributed by atoms with Crippen LogP contribution in [0, 0.1) is 5.82 Å². The molecule has 3 heterocycles. The minimum absolute atomic E-state index is 0.0448. The minimum atomic E-state index is -0.693. The fourth-order valence-electron chi connectivity index (χ4n) is 3.59. The third-order valence-electron chi connectivity index (χ3n) is 5.20. The quantitative estimate of drug-likeness (QED) is 0.656. The van der Waals surface area contributed by atoms with Gasteiger partial charge in [-0.15, -0.1) is 0 Å². The number of fused-ring (bicyclic) bond motifs is 1. The van der Waals surface area contributed by atoms with Gasteiger partial charge >= 0.3 is 0 Å². The summed E-state index contributed by atoms with van der Waals surface area (Å²) in [6.45, 7) is 4.69. The highest BCUT2D eigenvalue weighted by Gasteiger charge is 2.24. The Morgan fingerprint density at radius 2 is 2.20 bits per heavy atom. The third kappa shape index (κ3) is 3.90. The number of pyridine rings is 1. The summed E-state index contributed by atoms with van der Waals surface area (Å²) in [5.74, 6) is -0.366. The van der Waals surface area contributed by atoms with Crippen LogP contribution in [0.1, 0.15) is 26.3 Å². The second-order valence-corrected chi connectivity index (χ2v) is 8.02. The molecule has 0 bridgehead atoms.